The van der Waals surface area contributed by atoms with E-state index in [0.29, 0.717) is 12.3 Å². The van der Waals surface area contributed by atoms with E-state index >= 15 is 0 Å². The molecule has 0 spiro atoms. The minimum atomic E-state index is -0.703. The van der Waals surface area contributed by atoms with Crippen LogP contribution >= 0.6 is 0 Å². The maximum absolute atomic E-state index is 13.5. The van der Waals surface area contributed by atoms with Gasteiger partial charge in [-0.05, 0) is 30.7 Å². The van der Waals surface area contributed by atoms with Crippen molar-refractivity contribution in [1.82, 2.24) is 0 Å². The van der Waals surface area contributed by atoms with Crippen molar-refractivity contribution in [2.75, 3.05) is 11.1 Å². The number of benzene rings is 2. The number of amides is 1. The Morgan fingerprint density at radius 2 is 2.00 bits per heavy atom. The van der Waals surface area contributed by atoms with Crippen LogP contribution in [0.5, 0.6) is 0 Å². The second-order valence-electron chi connectivity index (χ2n) is 4.67. The normalized spacial score (nSPS) is 11.9. The number of carbonyl (C=O) groups excluding carboxylic acids is 1. The van der Waals surface area contributed by atoms with Crippen molar-refractivity contribution in [3.05, 3.63) is 59.9 Å². The van der Waals surface area contributed by atoms with Crippen molar-refractivity contribution < 1.29 is 13.9 Å². The van der Waals surface area contributed by atoms with Crippen molar-refractivity contribution in [2.24, 2.45) is 0 Å². The van der Waals surface area contributed by atoms with Crippen LogP contribution in [0.1, 0.15) is 12.5 Å². The molecule has 0 bridgehead atoms. The number of anilines is 2. The SMILES string of the molecule is CC(OCc1ccccc1)C(=O)Nc1cc(N)ccc1F. The summed E-state index contributed by atoms with van der Waals surface area (Å²) < 4.78 is 19.0. The van der Waals surface area contributed by atoms with Crippen LogP contribution in [-0.2, 0) is 16.1 Å². The molecule has 0 aliphatic rings. The number of halogens is 1. The largest absolute Gasteiger partial charge is 0.399 e. The fourth-order valence-corrected chi connectivity index (χ4v) is 1.74. The topological polar surface area (TPSA) is 64.3 Å². The minimum Gasteiger partial charge on any atom is -0.399 e. The molecule has 2 aromatic rings. The van der Waals surface area contributed by atoms with Gasteiger partial charge in [0.05, 0.1) is 12.3 Å². The lowest BCUT2D eigenvalue weighted by molar-refractivity contribution is -0.127. The lowest BCUT2D eigenvalue weighted by Crippen LogP contribution is -2.28. The third-order valence-electron chi connectivity index (χ3n) is 2.96. The molecule has 1 amide bonds. The van der Waals surface area contributed by atoms with E-state index in [0.717, 1.165) is 5.56 Å². The first-order chi connectivity index (χ1) is 10.1. The van der Waals surface area contributed by atoms with E-state index in [1.54, 1.807) is 6.92 Å². The second-order valence-corrected chi connectivity index (χ2v) is 4.67. The molecule has 3 N–H and O–H groups in total. The molecule has 0 aliphatic carbocycles. The highest BCUT2D eigenvalue weighted by molar-refractivity contribution is 5.94. The first-order valence-corrected chi connectivity index (χ1v) is 6.57. The quantitative estimate of drug-likeness (QED) is 0.831. The molecule has 21 heavy (non-hydrogen) atoms. The van der Waals surface area contributed by atoms with Crippen molar-refractivity contribution in [2.45, 2.75) is 19.6 Å². The van der Waals surface area contributed by atoms with Crippen molar-refractivity contribution in [1.29, 1.82) is 0 Å². The molecule has 1 atom stereocenters. The van der Waals surface area contributed by atoms with Crippen LogP contribution in [0.4, 0.5) is 15.8 Å². The van der Waals surface area contributed by atoms with E-state index in [1.165, 1.54) is 18.2 Å². The molecular formula is C16H17FN2O2. The Hall–Kier alpha value is -2.40. The number of hydrogen-bond acceptors (Lipinski definition) is 3. The zero-order chi connectivity index (χ0) is 15.2. The molecule has 0 saturated heterocycles. The molecule has 0 aromatic heterocycles. The van der Waals surface area contributed by atoms with Gasteiger partial charge in [-0.2, -0.15) is 0 Å². The van der Waals surface area contributed by atoms with Crippen LogP contribution < -0.4 is 11.1 Å². The summed E-state index contributed by atoms with van der Waals surface area (Å²) in [4.78, 5) is 12.0. The highest BCUT2D eigenvalue weighted by Crippen LogP contribution is 2.18. The summed E-state index contributed by atoms with van der Waals surface area (Å²) in [5, 5.41) is 2.47. The molecule has 4 nitrogen and oxygen atoms in total. The van der Waals surface area contributed by atoms with Gasteiger partial charge in [-0.25, -0.2) is 4.39 Å². The standard InChI is InChI=1S/C16H17FN2O2/c1-11(21-10-12-5-3-2-4-6-12)16(20)19-15-9-13(18)7-8-14(15)17/h2-9,11H,10,18H2,1H3,(H,19,20). The third kappa shape index (κ3) is 4.29. The van der Waals surface area contributed by atoms with Gasteiger partial charge in [-0.1, -0.05) is 30.3 Å². The summed E-state index contributed by atoms with van der Waals surface area (Å²) >= 11 is 0. The fraction of sp³-hybridized carbons (Fsp3) is 0.188. The van der Waals surface area contributed by atoms with E-state index in [4.69, 9.17) is 10.5 Å². The van der Waals surface area contributed by atoms with E-state index in [1.807, 2.05) is 30.3 Å². The number of rotatable bonds is 5. The minimum absolute atomic E-state index is 0.0511. The maximum atomic E-state index is 13.5. The zero-order valence-electron chi connectivity index (χ0n) is 11.7. The lowest BCUT2D eigenvalue weighted by atomic mass is 10.2. The Labute approximate surface area is 122 Å². The van der Waals surface area contributed by atoms with Gasteiger partial charge >= 0.3 is 0 Å². The molecule has 110 valence electrons. The van der Waals surface area contributed by atoms with Gasteiger partial charge in [0.15, 0.2) is 0 Å². The maximum Gasteiger partial charge on any atom is 0.253 e. The Morgan fingerprint density at radius 3 is 2.71 bits per heavy atom. The Bertz CT molecular complexity index is 617. The lowest BCUT2D eigenvalue weighted by Gasteiger charge is -2.14. The van der Waals surface area contributed by atoms with E-state index in [-0.39, 0.29) is 5.69 Å². The molecule has 0 aliphatic heterocycles. The molecule has 0 radical (unpaired) electrons. The van der Waals surface area contributed by atoms with Crippen LogP contribution in [0.15, 0.2) is 48.5 Å². The van der Waals surface area contributed by atoms with Crippen molar-refractivity contribution in [3.8, 4) is 0 Å². The highest BCUT2D eigenvalue weighted by Gasteiger charge is 2.15. The molecular weight excluding hydrogens is 271 g/mol. The summed E-state index contributed by atoms with van der Waals surface area (Å²) in [5.41, 5.74) is 6.96. The predicted octanol–water partition coefficient (Wildman–Crippen LogP) is 2.95. The first kappa shape index (κ1) is 15.0. The van der Waals surface area contributed by atoms with Crippen molar-refractivity contribution in [3.63, 3.8) is 0 Å². The highest BCUT2D eigenvalue weighted by atomic mass is 19.1. The summed E-state index contributed by atoms with van der Waals surface area (Å²) in [6, 6.07) is 13.5. The summed E-state index contributed by atoms with van der Waals surface area (Å²) in [7, 11) is 0. The molecule has 1 unspecified atom stereocenters. The first-order valence-electron chi connectivity index (χ1n) is 6.57. The van der Waals surface area contributed by atoms with Gasteiger partial charge in [0.25, 0.3) is 5.91 Å². The number of nitrogens with two attached hydrogens (primary N) is 1. The van der Waals surface area contributed by atoms with Crippen LogP contribution in [0.25, 0.3) is 0 Å². The summed E-state index contributed by atoms with van der Waals surface area (Å²) in [6.45, 7) is 1.93. The van der Waals surface area contributed by atoms with Gasteiger partial charge in [-0.15, -0.1) is 0 Å². The van der Waals surface area contributed by atoms with E-state index in [9.17, 15) is 9.18 Å². The van der Waals surface area contributed by atoms with Gasteiger partial charge in [0, 0.05) is 5.69 Å². The number of hydrogen-bond donors (Lipinski definition) is 2. The smallest absolute Gasteiger partial charge is 0.253 e. The summed E-state index contributed by atoms with van der Waals surface area (Å²) in [6.07, 6.45) is -0.703. The van der Waals surface area contributed by atoms with Crippen LogP contribution in [0, 0.1) is 5.82 Å². The molecule has 0 saturated carbocycles. The van der Waals surface area contributed by atoms with Crippen LogP contribution in [-0.4, -0.2) is 12.0 Å². The Kier molecular flexibility index (Phi) is 4.90. The van der Waals surface area contributed by atoms with Gasteiger partial charge in [-0.3, -0.25) is 4.79 Å². The van der Waals surface area contributed by atoms with Crippen molar-refractivity contribution >= 4 is 17.3 Å². The third-order valence-corrected chi connectivity index (χ3v) is 2.96. The number of ether oxygens (including phenoxy) is 1. The predicted molar refractivity (Wildman–Crippen MR) is 80.1 cm³/mol. The summed E-state index contributed by atoms with van der Waals surface area (Å²) in [5.74, 6) is -0.955. The fourth-order valence-electron chi connectivity index (χ4n) is 1.74. The molecule has 2 aromatic carbocycles. The zero-order valence-corrected chi connectivity index (χ0v) is 11.7. The monoisotopic (exact) mass is 288 g/mol. The van der Waals surface area contributed by atoms with E-state index < -0.39 is 17.8 Å². The number of carbonyl (C=O) groups is 1. The second kappa shape index (κ2) is 6.85. The van der Waals surface area contributed by atoms with Crippen LogP contribution in [0.2, 0.25) is 0 Å². The number of nitrogens with one attached hydrogen (secondary N) is 1. The molecule has 2 rings (SSSR count). The average molecular weight is 288 g/mol. The molecule has 0 fully saturated rings. The van der Waals surface area contributed by atoms with Crippen LogP contribution in [0.3, 0.4) is 0 Å². The Morgan fingerprint density at radius 1 is 1.29 bits per heavy atom. The average Bonchev–Trinajstić information content (AvgIpc) is 2.49. The van der Waals surface area contributed by atoms with E-state index in [2.05, 4.69) is 5.32 Å². The molecule has 0 heterocycles. The van der Waals surface area contributed by atoms with Gasteiger partial charge < -0.3 is 15.8 Å². The van der Waals surface area contributed by atoms with Gasteiger partial charge in [0.1, 0.15) is 11.9 Å². The molecule has 5 heteroatoms. The number of nitrogen functional groups attached to an aromatic ring is 1. The van der Waals surface area contributed by atoms with Gasteiger partial charge in [0.2, 0.25) is 0 Å². The Balaban J connectivity index is 1.92.